The molecule has 0 saturated carbocycles. The van der Waals surface area contributed by atoms with E-state index in [2.05, 4.69) is 22.5 Å². The number of ether oxygens (including phenoxy) is 2. The van der Waals surface area contributed by atoms with E-state index in [4.69, 9.17) is 9.47 Å². The molecule has 1 heterocycles. The molecule has 2 rings (SSSR count). The third-order valence-corrected chi connectivity index (χ3v) is 4.05. The minimum absolute atomic E-state index is 0. The largest absolute Gasteiger partial charge is 0.484 e. The molecule has 0 spiro atoms. The molecule has 1 unspecified atom stereocenters. The number of guanidine groups is 1. The smallest absolute Gasteiger partial charge is 0.422 e. The predicted molar refractivity (Wildman–Crippen MR) is 110 cm³/mol. The molecule has 1 aliphatic rings. The second kappa shape index (κ2) is 10.9. The van der Waals surface area contributed by atoms with Crippen LogP contribution in [0, 0.1) is 0 Å². The van der Waals surface area contributed by atoms with Crippen LogP contribution in [-0.4, -0.2) is 44.0 Å². The Morgan fingerprint density at radius 3 is 2.67 bits per heavy atom. The molecule has 0 aromatic heterocycles. The van der Waals surface area contributed by atoms with Crippen LogP contribution in [0.4, 0.5) is 13.2 Å². The van der Waals surface area contributed by atoms with Crippen LogP contribution in [0.25, 0.3) is 0 Å². The molecule has 1 aliphatic heterocycles. The van der Waals surface area contributed by atoms with Gasteiger partial charge in [-0.1, -0.05) is 18.2 Å². The predicted octanol–water partition coefficient (Wildman–Crippen LogP) is 3.87. The number of aliphatic imine (C=N–C) groups is 1. The van der Waals surface area contributed by atoms with E-state index < -0.39 is 12.8 Å². The van der Waals surface area contributed by atoms with Crippen molar-refractivity contribution in [3.05, 3.63) is 29.8 Å². The van der Waals surface area contributed by atoms with E-state index in [9.17, 15) is 13.2 Å². The number of para-hydroxylation sites is 1. The van der Waals surface area contributed by atoms with Crippen molar-refractivity contribution in [2.24, 2.45) is 4.99 Å². The Labute approximate surface area is 175 Å². The summed E-state index contributed by atoms with van der Waals surface area (Å²) in [6.07, 6.45) is -2.35. The summed E-state index contributed by atoms with van der Waals surface area (Å²) >= 11 is 0. The SMILES string of the molecule is CCNC(=NCc1ccccc1OCC(F)(F)F)NCC1(C)CCCO1.I. The fourth-order valence-corrected chi connectivity index (χ4v) is 2.69. The zero-order valence-electron chi connectivity index (χ0n) is 15.6. The standard InChI is InChI=1S/C18H26F3N3O2.HI/c1-3-22-16(24-12-17(2)9-6-10-26-17)23-11-14-7-4-5-8-15(14)25-13-18(19,20)21;/h4-5,7-8H,3,6,9-13H2,1-2H3,(H2,22,23,24);1H. The van der Waals surface area contributed by atoms with Gasteiger partial charge in [0.15, 0.2) is 12.6 Å². The van der Waals surface area contributed by atoms with Gasteiger partial charge in [-0.2, -0.15) is 13.2 Å². The minimum Gasteiger partial charge on any atom is -0.484 e. The van der Waals surface area contributed by atoms with Gasteiger partial charge in [0, 0.05) is 25.3 Å². The average molecular weight is 501 g/mol. The van der Waals surface area contributed by atoms with Crippen LogP contribution in [0.3, 0.4) is 0 Å². The van der Waals surface area contributed by atoms with Crippen LogP contribution in [0.15, 0.2) is 29.3 Å². The number of alkyl halides is 3. The number of halogens is 4. The van der Waals surface area contributed by atoms with Gasteiger partial charge in [-0.3, -0.25) is 0 Å². The highest BCUT2D eigenvalue weighted by molar-refractivity contribution is 14.0. The van der Waals surface area contributed by atoms with Crippen LogP contribution >= 0.6 is 24.0 Å². The Bertz CT molecular complexity index is 606. The number of nitrogens with zero attached hydrogens (tertiary/aromatic N) is 1. The van der Waals surface area contributed by atoms with Gasteiger partial charge >= 0.3 is 6.18 Å². The molecule has 1 fully saturated rings. The second-order valence-corrected chi connectivity index (χ2v) is 6.46. The van der Waals surface area contributed by atoms with Crippen molar-refractivity contribution in [2.75, 3.05) is 26.3 Å². The highest BCUT2D eigenvalue weighted by atomic mass is 127. The molecule has 5 nitrogen and oxygen atoms in total. The maximum Gasteiger partial charge on any atom is 0.422 e. The molecule has 0 amide bonds. The van der Waals surface area contributed by atoms with Gasteiger partial charge in [-0.05, 0) is 32.8 Å². The van der Waals surface area contributed by atoms with Gasteiger partial charge in [-0.15, -0.1) is 24.0 Å². The summed E-state index contributed by atoms with van der Waals surface area (Å²) in [5.41, 5.74) is 0.376. The first-order valence-corrected chi connectivity index (χ1v) is 8.75. The number of hydrogen-bond acceptors (Lipinski definition) is 3. The summed E-state index contributed by atoms with van der Waals surface area (Å²) in [5, 5.41) is 6.37. The lowest BCUT2D eigenvalue weighted by molar-refractivity contribution is -0.153. The van der Waals surface area contributed by atoms with E-state index in [0.29, 0.717) is 24.6 Å². The van der Waals surface area contributed by atoms with E-state index in [1.807, 2.05) is 6.92 Å². The number of rotatable bonds is 7. The van der Waals surface area contributed by atoms with Crippen molar-refractivity contribution in [1.82, 2.24) is 10.6 Å². The zero-order valence-corrected chi connectivity index (χ0v) is 17.9. The molecule has 1 atom stereocenters. The lowest BCUT2D eigenvalue weighted by Gasteiger charge is -2.24. The van der Waals surface area contributed by atoms with Crippen molar-refractivity contribution in [1.29, 1.82) is 0 Å². The Hall–Kier alpha value is -1.23. The van der Waals surface area contributed by atoms with Crippen molar-refractivity contribution >= 4 is 29.9 Å². The molecule has 0 aliphatic carbocycles. The molecule has 27 heavy (non-hydrogen) atoms. The highest BCUT2D eigenvalue weighted by Crippen LogP contribution is 2.24. The van der Waals surface area contributed by atoms with Gasteiger partial charge in [-0.25, -0.2) is 4.99 Å². The molecule has 1 aromatic carbocycles. The summed E-state index contributed by atoms with van der Waals surface area (Å²) in [6.45, 7) is 4.95. The summed E-state index contributed by atoms with van der Waals surface area (Å²) in [7, 11) is 0. The quantitative estimate of drug-likeness (QED) is 0.339. The Kier molecular flexibility index (Phi) is 9.65. The summed E-state index contributed by atoms with van der Waals surface area (Å²) < 4.78 is 47.8. The molecule has 0 bridgehead atoms. The normalized spacial score (nSPS) is 20.1. The van der Waals surface area contributed by atoms with Crippen molar-refractivity contribution in [2.45, 2.75) is 45.0 Å². The Morgan fingerprint density at radius 2 is 2.04 bits per heavy atom. The molecule has 154 valence electrons. The van der Waals surface area contributed by atoms with Crippen LogP contribution in [0.5, 0.6) is 5.75 Å². The first kappa shape index (κ1) is 23.8. The van der Waals surface area contributed by atoms with Crippen LogP contribution < -0.4 is 15.4 Å². The number of hydrogen-bond donors (Lipinski definition) is 2. The maximum atomic E-state index is 12.4. The topological polar surface area (TPSA) is 54.9 Å². The van der Waals surface area contributed by atoms with Crippen LogP contribution in [-0.2, 0) is 11.3 Å². The third kappa shape index (κ3) is 8.54. The van der Waals surface area contributed by atoms with E-state index in [1.165, 1.54) is 6.07 Å². The third-order valence-electron chi connectivity index (χ3n) is 4.05. The first-order chi connectivity index (χ1) is 12.3. The minimum atomic E-state index is -4.37. The fourth-order valence-electron chi connectivity index (χ4n) is 2.69. The molecular formula is C18H27F3IN3O2. The number of benzene rings is 1. The maximum absolute atomic E-state index is 12.4. The summed E-state index contributed by atoms with van der Waals surface area (Å²) in [5.74, 6) is 0.783. The van der Waals surface area contributed by atoms with E-state index in [-0.39, 0.29) is 41.9 Å². The lowest BCUT2D eigenvalue weighted by atomic mass is 10.0. The zero-order chi connectivity index (χ0) is 19.0. The first-order valence-electron chi connectivity index (χ1n) is 8.75. The average Bonchev–Trinajstić information content (AvgIpc) is 3.02. The summed E-state index contributed by atoms with van der Waals surface area (Å²) in [6, 6.07) is 6.62. The fraction of sp³-hybridized carbons (Fsp3) is 0.611. The Balaban J connectivity index is 0.00000364. The van der Waals surface area contributed by atoms with Crippen molar-refractivity contribution in [3.8, 4) is 5.75 Å². The van der Waals surface area contributed by atoms with E-state index >= 15 is 0 Å². The number of nitrogens with one attached hydrogen (secondary N) is 2. The molecule has 2 N–H and O–H groups in total. The summed E-state index contributed by atoms with van der Waals surface area (Å²) in [4.78, 5) is 4.46. The molecule has 1 saturated heterocycles. The highest BCUT2D eigenvalue weighted by Gasteiger charge is 2.30. The van der Waals surface area contributed by atoms with Gasteiger partial charge < -0.3 is 20.1 Å². The van der Waals surface area contributed by atoms with Crippen LogP contribution in [0.2, 0.25) is 0 Å². The van der Waals surface area contributed by atoms with E-state index in [1.54, 1.807) is 18.2 Å². The molecular weight excluding hydrogens is 474 g/mol. The van der Waals surface area contributed by atoms with E-state index in [0.717, 1.165) is 19.4 Å². The molecule has 1 aromatic rings. The lowest BCUT2D eigenvalue weighted by Crippen LogP contribution is -2.45. The van der Waals surface area contributed by atoms with Crippen molar-refractivity contribution in [3.63, 3.8) is 0 Å². The molecule has 9 heteroatoms. The van der Waals surface area contributed by atoms with Crippen LogP contribution in [0.1, 0.15) is 32.3 Å². The van der Waals surface area contributed by atoms with Gasteiger partial charge in [0.25, 0.3) is 0 Å². The van der Waals surface area contributed by atoms with Gasteiger partial charge in [0.2, 0.25) is 0 Å². The van der Waals surface area contributed by atoms with Gasteiger partial charge in [0.1, 0.15) is 5.75 Å². The Morgan fingerprint density at radius 1 is 1.30 bits per heavy atom. The monoisotopic (exact) mass is 501 g/mol. The molecule has 0 radical (unpaired) electrons. The van der Waals surface area contributed by atoms with Gasteiger partial charge in [0.05, 0.1) is 12.1 Å². The van der Waals surface area contributed by atoms with Crippen molar-refractivity contribution < 1.29 is 22.6 Å². The second-order valence-electron chi connectivity index (χ2n) is 6.46.